The van der Waals surface area contributed by atoms with Crippen LogP contribution in [-0.4, -0.2) is 30.4 Å². The Labute approximate surface area is 180 Å². The molecule has 0 fully saturated rings. The molecule has 4 aromatic rings. The highest BCUT2D eigenvalue weighted by Gasteiger charge is 2.31. The Morgan fingerprint density at radius 3 is 2.62 bits per heavy atom. The van der Waals surface area contributed by atoms with E-state index in [9.17, 15) is 23.7 Å². The number of anilines is 1. The molecule has 0 aliphatic heterocycles. The first-order valence-corrected chi connectivity index (χ1v) is 9.63. The first kappa shape index (κ1) is 21.1. The molecule has 164 valence electrons. The highest BCUT2D eigenvalue weighted by molar-refractivity contribution is 5.89. The van der Waals surface area contributed by atoms with Gasteiger partial charge in [-0.25, -0.2) is 8.78 Å². The van der Waals surface area contributed by atoms with E-state index in [4.69, 9.17) is 0 Å². The summed E-state index contributed by atoms with van der Waals surface area (Å²) in [6.07, 6.45) is -1.42. The molecule has 0 unspecified atom stereocenters. The number of carbonyl (C=O) groups excluding carboxylic acids is 1. The van der Waals surface area contributed by atoms with Crippen molar-refractivity contribution >= 4 is 28.2 Å². The molecule has 1 N–H and O–H groups in total. The lowest BCUT2D eigenvalue weighted by molar-refractivity contribution is -0.386. The van der Waals surface area contributed by atoms with E-state index >= 15 is 0 Å². The summed E-state index contributed by atoms with van der Waals surface area (Å²) < 4.78 is 28.7. The number of carbonyl (C=O) groups is 1. The fraction of sp³-hybridized carbons (Fsp3) is 0.190. The molecule has 4 rings (SSSR count). The molecular formula is C21H18F2N6O3. The third-order valence-corrected chi connectivity index (χ3v) is 5.00. The maximum absolute atomic E-state index is 13.1. The fourth-order valence-corrected chi connectivity index (χ4v) is 3.53. The standard InChI is InChI=1S/C21H18F2N6O3/c1-13-20(29(31)32)19(21(22)23)26-28(13)12-18(30)24-17-9-10-27(25-17)11-15-7-4-6-14-5-2-3-8-16(14)15/h2-10,21H,11-12H2,1H3,(H,24,25,30). The van der Waals surface area contributed by atoms with Crippen LogP contribution in [0.15, 0.2) is 54.7 Å². The highest BCUT2D eigenvalue weighted by atomic mass is 19.3. The molecule has 32 heavy (non-hydrogen) atoms. The lowest BCUT2D eigenvalue weighted by atomic mass is 10.0. The topological polar surface area (TPSA) is 108 Å². The minimum Gasteiger partial charge on any atom is -0.308 e. The first-order chi connectivity index (χ1) is 15.3. The minimum absolute atomic E-state index is 0.123. The smallest absolute Gasteiger partial charge is 0.308 e. The number of aromatic nitrogens is 4. The molecule has 0 atom stereocenters. The molecule has 2 heterocycles. The van der Waals surface area contributed by atoms with E-state index in [2.05, 4.69) is 15.5 Å². The van der Waals surface area contributed by atoms with Gasteiger partial charge in [0, 0.05) is 12.3 Å². The predicted octanol–water partition coefficient (Wildman–Crippen LogP) is 4.07. The first-order valence-electron chi connectivity index (χ1n) is 9.63. The third-order valence-electron chi connectivity index (χ3n) is 5.00. The Hall–Kier alpha value is -4.15. The van der Waals surface area contributed by atoms with Gasteiger partial charge in [-0.2, -0.15) is 10.2 Å². The SMILES string of the molecule is Cc1c([N+](=O)[O-])c(C(F)F)nn1CC(=O)Nc1ccn(Cc2cccc3ccccc23)n1. The molecule has 2 aromatic heterocycles. The maximum Gasteiger partial charge on any atom is 0.319 e. The number of hydrogen-bond donors (Lipinski definition) is 1. The number of fused-ring (bicyclic) bond motifs is 1. The number of nitro groups is 1. The van der Waals surface area contributed by atoms with Crippen LogP contribution >= 0.6 is 0 Å². The van der Waals surface area contributed by atoms with Crippen molar-refractivity contribution in [3.8, 4) is 0 Å². The Morgan fingerprint density at radius 2 is 1.91 bits per heavy atom. The van der Waals surface area contributed by atoms with Crippen LogP contribution in [0.4, 0.5) is 20.3 Å². The van der Waals surface area contributed by atoms with Crippen LogP contribution in [0.2, 0.25) is 0 Å². The van der Waals surface area contributed by atoms with Crippen LogP contribution in [0.25, 0.3) is 10.8 Å². The molecule has 0 aliphatic carbocycles. The monoisotopic (exact) mass is 440 g/mol. The van der Waals surface area contributed by atoms with E-state index in [-0.39, 0.29) is 11.5 Å². The number of halogens is 2. The quantitative estimate of drug-likeness (QED) is 0.344. The second kappa shape index (κ2) is 8.53. The van der Waals surface area contributed by atoms with Crippen molar-refractivity contribution in [1.29, 1.82) is 0 Å². The van der Waals surface area contributed by atoms with Crippen LogP contribution < -0.4 is 5.32 Å². The van der Waals surface area contributed by atoms with E-state index in [1.807, 2.05) is 42.5 Å². The zero-order valence-electron chi connectivity index (χ0n) is 16.9. The number of alkyl halides is 2. The molecule has 0 saturated heterocycles. The second-order valence-electron chi connectivity index (χ2n) is 7.12. The van der Waals surface area contributed by atoms with Gasteiger partial charge in [-0.05, 0) is 23.3 Å². The van der Waals surface area contributed by atoms with Gasteiger partial charge in [-0.3, -0.25) is 24.3 Å². The number of rotatable bonds is 7. The number of hydrogen-bond acceptors (Lipinski definition) is 5. The molecule has 0 saturated carbocycles. The predicted molar refractivity (Wildman–Crippen MR) is 112 cm³/mol. The minimum atomic E-state index is -3.12. The summed E-state index contributed by atoms with van der Waals surface area (Å²) in [6.45, 7) is 1.29. The van der Waals surface area contributed by atoms with Gasteiger partial charge in [0.1, 0.15) is 12.2 Å². The Bertz CT molecular complexity index is 1310. The van der Waals surface area contributed by atoms with Gasteiger partial charge < -0.3 is 5.32 Å². The van der Waals surface area contributed by atoms with Gasteiger partial charge in [0.2, 0.25) is 11.6 Å². The zero-order valence-corrected chi connectivity index (χ0v) is 16.9. The molecule has 0 radical (unpaired) electrons. The van der Waals surface area contributed by atoms with Crippen LogP contribution in [0.3, 0.4) is 0 Å². The van der Waals surface area contributed by atoms with Gasteiger partial charge in [0.25, 0.3) is 6.43 Å². The Balaban J connectivity index is 1.47. The molecule has 9 nitrogen and oxygen atoms in total. The summed E-state index contributed by atoms with van der Waals surface area (Å²) >= 11 is 0. The summed E-state index contributed by atoms with van der Waals surface area (Å²) in [5, 5.41) is 23.7. The number of nitrogens with zero attached hydrogens (tertiary/aromatic N) is 5. The normalized spacial score (nSPS) is 11.2. The van der Waals surface area contributed by atoms with Crippen molar-refractivity contribution in [2.24, 2.45) is 0 Å². The Morgan fingerprint density at radius 1 is 1.16 bits per heavy atom. The second-order valence-corrected chi connectivity index (χ2v) is 7.12. The average Bonchev–Trinajstić information content (AvgIpc) is 3.32. The van der Waals surface area contributed by atoms with E-state index in [0.29, 0.717) is 6.54 Å². The van der Waals surface area contributed by atoms with E-state index < -0.39 is 35.2 Å². The third kappa shape index (κ3) is 4.17. The van der Waals surface area contributed by atoms with Gasteiger partial charge >= 0.3 is 5.69 Å². The molecule has 11 heteroatoms. The molecular weight excluding hydrogens is 422 g/mol. The van der Waals surface area contributed by atoms with Gasteiger partial charge in [0.15, 0.2) is 5.82 Å². The van der Waals surface area contributed by atoms with Crippen molar-refractivity contribution in [2.75, 3.05) is 5.32 Å². The van der Waals surface area contributed by atoms with Crippen LogP contribution in [0.5, 0.6) is 0 Å². The summed E-state index contributed by atoms with van der Waals surface area (Å²) in [5.74, 6) is -0.328. The average molecular weight is 440 g/mol. The van der Waals surface area contributed by atoms with Crippen molar-refractivity contribution < 1.29 is 18.5 Å². The maximum atomic E-state index is 13.1. The van der Waals surface area contributed by atoms with Gasteiger partial charge in [-0.1, -0.05) is 42.5 Å². The Kier molecular flexibility index (Phi) is 5.63. The molecule has 1 amide bonds. The van der Waals surface area contributed by atoms with Crippen molar-refractivity contribution in [2.45, 2.75) is 26.4 Å². The van der Waals surface area contributed by atoms with Gasteiger partial charge in [-0.15, -0.1) is 0 Å². The summed E-state index contributed by atoms with van der Waals surface area (Å²) in [7, 11) is 0. The largest absolute Gasteiger partial charge is 0.319 e. The van der Waals surface area contributed by atoms with Crippen LogP contribution in [-0.2, 0) is 17.9 Å². The van der Waals surface area contributed by atoms with E-state index in [1.54, 1.807) is 16.9 Å². The van der Waals surface area contributed by atoms with Crippen molar-refractivity contribution in [3.63, 3.8) is 0 Å². The number of amides is 1. The number of benzene rings is 2. The molecule has 0 aliphatic rings. The van der Waals surface area contributed by atoms with Gasteiger partial charge in [0.05, 0.1) is 11.5 Å². The summed E-state index contributed by atoms with van der Waals surface area (Å²) in [4.78, 5) is 22.5. The fourth-order valence-electron chi connectivity index (χ4n) is 3.53. The molecule has 0 bridgehead atoms. The van der Waals surface area contributed by atoms with E-state index in [0.717, 1.165) is 21.0 Å². The zero-order chi connectivity index (χ0) is 22.8. The van der Waals surface area contributed by atoms with Crippen molar-refractivity contribution in [3.05, 3.63) is 81.8 Å². The summed E-state index contributed by atoms with van der Waals surface area (Å²) in [6, 6.07) is 15.6. The lowest BCUT2D eigenvalue weighted by Crippen LogP contribution is -2.21. The lowest BCUT2D eigenvalue weighted by Gasteiger charge is -2.07. The van der Waals surface area contributed by atoms with E-state index in [1.165, 1.54) is 6.92 Å². The summed E-state index contributed by atoms with van der Waals surface area (Å²) in [5.41, 5.74) is -0.808. The molecule has 2 aromatic carbocycles. The molecule has 0 spiro atoms. The van der Waals surface area contributed by atoms with Crippen LogP contribution in [0.1, 0.15) is 23.4 Å². The highest BCUT2D eigenvalue weighted by Crippen LogP contribution is 2.30. The van der Waals surface area contributed by atoms with Crippen LogP contribution in [0, 0.1) is 17.0 Å². The van der Waals surface area contributed by atoms with Crippen molar-refractivity contribution in [1.82, 2.24) is 19.6 Å². The number of nitrogens with one attached hydrogen (secondary N) is 1.